The highest BCUT2D eigenvalue weighted by atomic mass is 79.9. The Morgan fingerprint density at radius 2 is 1.81 bits per heavy atom. The van der Waals surface area contributed by atoms with Crippen molar-refractivity contribution in [3.63, 3.8) is 0 Å². The first-order valence-corrected chi connectivity index (χ1v) is 11.7. The Kier molecular flexibility index (Phi) is 6.79. The fourth-order valence-corrected chi connectivity index (χ4v) is 2.95. The number of hydrogen-bond acceptors (Lipinski definition) is 2. The lowest BCUT2D eigenvalue weighted by molar-refractivity contribution is 0.298. The molecule has 4 heteroatoms. The van der Waals surface area contributed by atoms with E-state index in [4.69, 9.17) is 9.16 Å². The molecule has 0 saturated carbocycles. The predicted molar refractivity (Wildman–Crippen MR) is 97.3 cm³/mol. The maximum atomic E-state index is 6.46. The topological polar surface area (TPSA) is 18.5 Å². The highest BCUT2D eigenvalue weighted by Crippen LogP contribution is 2.40. The summed E-state index contributed by atoms with van der Waals surface area (Å²) in [4.78, 5) is 0. The van der Waals surface area contributed by atoms with Crippen LogP contribution in [0.25, 0.3) is 0 Å². The molecule has 1 aromatic carbocycles. The van der Waals surface area contributed by atoms with E-state index in [1.54, 1.807) is 0 Å². The van der Waals surface area contributed by atoms with Crippen molar-refractivity contribution in [1.82, 2.24) is 0 Å². The SMILES string of the molecule is CCCCOc1ccc(CBr)cc1O[Si](C)(C)C(C)(C)C. The Hall–Kier alpha value is -0.483. The van der Waals surface area contributed by atoms with Gasteiger partial charge in [-0.1, -0.05) is 56.1 Å². The molecule has 0 aliphatic heterocycles. The molecular formula is C17H29BrO2Si. The molecule has 0 heterocycles. The first-order valence-electron chi connectivity index (χ1n) is 7.72. The van der Waals surface area contributed by atoms with E-state index in [0.29, 0.717) is 0 Å². The monoisotopic (exact) mass is 372 g/mol. The summed E-state index contributed by atoms with van der Waals surface area (Å²) < 4.78 is 12.4. The molecule has 1 aromatic rings. The van der Waals surface area contributed by atoms with E-state index in [1.807, 2.05) is 6.07 Å². The van der Waals surface area contributed by atoms with Crippen molar-refractivity contribution in [2.45, 2.75) is 64.0 Å². The van der Waals surface area contributed by atoms with Crippen LogP contribution in [-0.4, -0.2) is 14.9 Å². The molecular weight excluding hydrogens is 344 g/mol. The van der Waals surface area contributed by atoms with Crippen molar-refractivity contribution in [3.05, 3.63) is 23.8 Å². The standard InChI is InChI=1S/C17H29BrO2Si/c1-7-8-11-19-15-10-9-14(13-18)12-16(15)20-21(5,6)17(2,3)4/h9-10,12H,7-8,11,13H2,1-6H3. The number of unbranched alkanes of at least 4 members (excludes halogenated alkanes) is 1. The average molecular weight is 373 g/mol. The molecule has 120 valence electrons. The normalized spacial score (nSPS) is 12.3. The van der Waals surface area contributed by atoms with Gasteiger partial charge in [0.15, 0.2) is 5.75 Å². The van der Waals surface area contributed by atoms with Gasteiger partial charge in [-0.05, 0) is 42.2 Å². The Balaban J connectivity index is 3.01. The van der Waals surface area contributed by atoms with Gasteiger partial charge in [0.1, 0.15) is 5.75 Å². The first kappa shape index (κ1) is 18.6. The van der Waals surface area contributed by atoms with Gasteiger partial charge in [0.25, 0.3) is 8.32 Å². The minimum atomic E-state index is -1.86. The summed E-state index contributed by atoms with van der Waals surface area (Å²) in [5.41, 5.74) is 1.21. The van der Waals surface area contributed by atoms with Crippen LogP contribution in [0.5, 0.6) is 11.5 Å². The Morgan fingerprint density at radius 1 is 1.14 bits per heavy atom. The third kappa shape index (κ3) is 5.33. The molecule has 0 bridgehead atoms. The van der Waals surface area contributed by atoms with Crippen molar-refractivity contribution < 1.29 is 9.16 Å². The Morgan fingerprint density at radius 3 is 2.33 bits per heavy atom. The van der Waals surface area contributed by atoms with Gasteiger partial charge in [-0.3, -0.25) is 0 Å². The molecule has 0 N–H and O–H groups in total. The Labute approximate surface area is 139 Å². The van der Waals surface area contributed by atoms with E-state index in [0.717, 1.165) is 36.3 Å². The predicted octanol–water partition coefficient (Wildman–Crippen LogP) is 6.14. The molecule has 0 spiro atoms. The second-order valence-corrected chi connectivity index (χ2v) is 12.3. The maximum absolute atomic E-state index is 6.46. The van der Waals surface area contributed by atoms with Gasteiger partial charge in [0, 0.05) is 5.33 Å². The van der Waals surface area contributed by atoms with Crippen LogP contribution >= 0.6 is 15.9 Å². The van der Waals surface area contributed by atoms with Crippen LogP contribution in [0.15, 0.2) is 18.2 Å². The molecule has 0 aliphatic carbocycles. The zero-order chi connectivity index (χ0) is 16.1. The van der Waals surface area contributed by atoms with Gasteiger partial charge in [-0.15, -0.1) is 0 Å². The fraction of sp³-hybridized carbons (Fsp3) is 0.647. The molecule has 0 aliphatic rings. The lowest BCUT2D eigenvalue weighted by atomic mass is 10.2. The van der Waals surface area contributed by atoms with Gasteiger partial charge in [0.05, 0.1) is 6.61 Å². The van der Waals surface area contributed by atoms with Crippen molar-refractivity contribution in [2.75, 3.05) is 6.61 Å². The summed E-state index contributed by atoms with van der Waals surface area (Å²) in [6.07, 6.45) is 2.21. The van der Waals surface area contributed by atoms with Gasteiger partial charge in [0.2, 0.25) is 0 Å². The minimum absolute atomic E-state index is 0.179. The van der Waals surface area contributed by atoms with Gasteiger partial charge in [-0.2, -0.15) is 0 Å². The maximum Gasteiger partial charge on any atom is 0.250 e. The molecule has 0 saturated heterocycles. The fourth-order valence-electron chi connectivity index (χ4n) is 1.59. The van der Waals surface area contributed by atoms with E-state index < -0.39 is 8.32 Å². The zero-order valence-corrected chi connectivity index (χ0v) is 16.8. The lowest BCUT2D eigenvalue weighted by Gasteiger charge is -2.37. The summed E-state index contributed by atoms with van der Waals surface area (Å²) in [5, 5.41) is 1.01. The van der Waals surface area contributed by atoms with Gasteiger partial charge in [-0.25, -0.2) is 0 Å². The summed E-state index contributed by atoms with van der Waals surface area (Å²) in [6.45, 7) is 14.2. The largest absolute Gasteiger partial charge is 0.541 e. The number of halogens is 1. The number of rotatable bonds is 7. The molecule has 2 nitrogen and oxygen atoms in total. The molecule has 0 amide bonds. The third-order valence-electron chi connectivity index (χ3n) is 4.09. The van der Waals surface area contributed by atoms with Gasteiger partial charge >= 0.3 is 0 Å². The number of ether oxygens (including phenoxy) is 1. The minimum Gasteiger partial charge on any atom is -0.541 e. The second-order valence-electron chi connectivity index (χ2n) is 6.98. The van der Waals surface area contributed by atoms with Crippen molar-refractivity contribution in [3.8, 4) is 11.5 Å². The van der Waals surface area contributed by atoms with Crippen LogP contribution < -0.4 is 9.16 Å². The first-order chi connectivity index (χ1) is 9.71. The quantitative estimate of drug-likeness (QED) is 0.324. The number of benzene rings is 1. The van der Waals surface area contributed by atoms with Gasteiger partial charge < -0.3 is 9.16 Å². The van der Waals surface area contributed by atoms with E-state index in [2.05, 4.69) is 68.9 Å². The number of alkyl halides is 1. The summed E-state index contributed by atoms with van der Waals surface area (Å²) in [5.74, 6) is 1.77. The van der Waals surface area contributed by atoms with Crippen LogP contribution in [0.1, 0.15) is 46.1 Å². The van der Waals surface area contributed by atoms with Crippen LogP contribution in [-0.2, 0) is 5.33 Å². The van der Waals surface area contributed by atoms with Crippen molar-refractivity contribution in [1.29, 1.82) is 0 Å². The third-order valence-corrected chi connectivity index (χ3v) is 9.08. The van der Waals surface area contributed by atoms with Crippen molar-refractivity contribution in [2.24, 2.45) is 0 Å². The average Bonchev–Trinajstić information content (AvgIpc) is 2.39. The summed E-state index contributed by atoms with van der Waals surface area (Å²) in [7, 11) is -1.86. The van der Waals surface area contributed by atoms with E-state index in [9.17, 15) is 0 Å². The summed E-state index contributed by atoms with van der Waals surface area (Å²) in [6, 6.07) is 6.24. The number of hydrogen-bond donors (Lipinski definition) is 0. The van der Waals surface area contributed by atoms with Crippen molar-refractivity contribution >= 4 is 24.2 Å². The highest BCUT2D eigenvalue weighted by molar-refractivity contribution is 9.08. The van der Waals surface area contributed by atoms with E-state index in [-0.39, 0.29) is 5.04 Å². The zero-order valence-electron chi connectivity index (χ0n) is 14.3. The smallest absolute Gasteiger partial charge is 0.250 e. The molecule has 0 fully saturated rings. The Bertz CT molecular complexity index is 453. The van der Waals surface area contributed by atoms with E-state index >= 15 is 0 Å². The highest BCUT2D eigenvalue weighted by Gasteiger charge is 2.39. The second kappa shape index (κ2) is 7.68. The molecule has 0 radical (unpaired) electrons. The molecule has 0 atom stereocenters. The van der Waals surface area contributed by atoms with Crippen LogP contribution in [0.4, 0.5) is 0 Å². The van der Waals surface area contributed by atoms with Crippen LogP contribution in [0.2, 0.25) is 18.1 Å². The summed E-state index contributed by atoms with van der Waals surface area (Å²) >= 11 is 3.51. The molecule has 0 aromatic heterocycles. The molecule has 1 rings (SSSR count). The van der Waals surface area contributed by atoms with Crippen LogP contribution in [0.3, 0.4) is 0 Å². The molecule has 21 heavy (non-hydrogen) atoms. The van der Waals surface area contributed by atoms with E-state index in [1.165, 1.54) is 5.56 Å². The lowest BCUT2D eigenvalue weighted by Crippen LogP contribution is -2.44. The molecule has 0 unspecified atom stereocenters. The van der Waals surface area contributed by atoms with Crippen LogP contribution in [0, 0.1) is 0 Å².